The van der Waals surface area contributed by atoms with Crippen LogP contribution >= 0.6 is 0 Å². The van der Waals surface area contributed by atoms with Gasteiger partial charge in [0.2, 0.25) is 0 Å². The van der Waals surface area contributed by atoms with E-state index in [4.69, 9.17) is 9.47 Å². The highest BCUT2D eigenvalue weighted by atomic mass is 16.5. The van der Waals surface area contributed by atoms with E-state index in [0.717, 1.165) is 38.2 Å². The molecule has 1 aromatic rings. The van der Waals surface area contributed by atoms with Crippen LogP contribution in [0.1, 0.15) is 32.3 Å². The molecular weight excluding hydrogens is 250 g/mol. The second-order valence-corrected chi connectivity index (χ2v) is 5.89. The number of hydrogen-bond acceptors (Lipinski definition) is 3. The quantitative estimate of drug-likeness (QED) is 0.867. The minimum absolute atomic E-state index is 0.410. The molecule has 1 aliphatic heterocycles. The average molecular weight is 277 g/mol. The molecule has 2 unspecified atom stereocenters. The fraction of sp³-hybridized carbons (Fsp3) is 0.647. The monoisotopic (exact) mass is 277 g/mol. The van der Waals surface area contributed by atoms with Gasteiger partial charge in [-0.3, -0.25) is 0 Å². The van der Waals surface area contributed by atoms with Crippen molar-refractivity contribution in [2.24, 2.45) is 5.92 Å². The third kappa shape index (κ3) is 4.22. The molecule has 112 valence electrons. The van der Waals surface area contributed by atoms with Crippen molar-refractivity contribution in [1.82, 2.24) is 5.32 Å². The van der Waals surface area contributed by atoms with Gasteiger partial charge in [-0.15, -0.1) is 0 Å². The molecule has 1 N–H and O–H groups in total. The lowest BCUT2D eigenvalue weighted by Gasteiger charge is -2.32. The molecule has 1 fully saturated rings. The van der Waals surface area contributed by atoms with Crippen molar-refractivity contribution < 1.29 is 9.47 Å². The molecule has 0 spiro atoms. The summed E-state index contributed by atoms with van der Waals surface area (Å²) >= 11 is 0. The maximum absolute atomic E-state index is 5.81. The van der Waals surface area contributed by atoms with Crippen molar-refractivity contribution in [2.45, 2.75) is 45.3 Å². The van der Waals surface area contributed by atoms with E-state index in [1.54, 1.807) is 7.11 Å². The molecule has 0 radical (unpaired) electrons. The number of methoxy groups -OCH3 is 1. The Kier molecular flexibility index (Phi) is 5.86. The highest BCUT2D eigenvalue weighted by molar-refractivity contribution is 5.33. The van der Waals surface area contributed by atoms with Crippen LogP contribution in [0.25, 0.3) is 0 Å². The van der Waals surface area contributed by atoms with Crippen molar-refractivity contribution >= 4 is 0 Å². The number of para-hydroxylation sites is 1. The Bertz CT molecular complexity index is 406. The van der Waals surface area contributed by atoms with Crippen LogP contribution < -0.4 is 10.1 Å². The molecule has 2 rings (SSSR count). The summed E-state index contributed by atoms with van der Waals surface area (Å²) in [6.07, 6.45) is 3.67. The highest BCUT2D eigenvalue weighted by Gasteiger charge is 2.24. The van der Waals surface area contributed by atoms with E-state index < -0.39 is 0 Å². The van der Waals surface area contributed by atoms with E-state index in [9.17, 15) is 0 Å². The second-order valence-electron chi connectivity index (χ2n) is 5.89. The topological polar surface area (TPSA) is 30.5 Å². The third-order valence-corrected chi connectivity index (χ3v) is 4.08. The predicted molar refractivity (Wildman–Crippen MR) is 82.3 cm³/mol. The van der Waals surface area contributed by atoms with Crippen LogP contribution in [0.4, 0.5) is 0 Å². The smallest absolute Gasteiger partial charge is 0.122 e. The third-order valence-electron chi connectivity index (χ3n) is 4.08. The summed E-state index contributed by atoms with van der Waals surface area (Å²) in [5, 5.41) is 3.67. The van der Waals surface area contributed by atoms with Gasteiger partial charge < -0.3 is 14.8 Å². The number of rotatable bonds is 6. The molecule has 3 heteroatoms. The highest BCUT2D eigenvalue weighted by Crippen LogP contribution is 2.21. The van der Waals surface area contributed by atoms with Crippen LogP contribution in [-0.2, 0) is 11.2 Å². The second kappa shape index (κ2) is 7.65. The SMILES string of the molecule is COc1ccccc1CCNC1CCOC(C(C)C)C1. The minimum atomic E-state index is 0.410. The van der Waals surface area contributed by atoms with E-state index in [-0.39, 0.29) is 0 Å². The maximum atomic E-state index is 5.81. The fourth-order valence-electron chi connectivity index (χ4n) is 2.80. The normalized spacial score (nSPS) is 23.0. The molecular formula is C17H27NO2. The first kappa shape index (κ1) is 15.3. The van der Waals surface area contributed by atoms with Crippen LogP contribution in [0.3, 0.4) is 0 Å². The Morgan fingerprint density at radius 3 is 2.90 bits per heavy atom. The number of ether oxygens (including phenoxy) is 2. The molecule has 20 heavy (non-hydrogen) atoms. The molecule has 0 aliphatic carbocycles. The van der Waals surface area contributed by atoms with Crippen molar-refractivity contribution in [3.05, 3.63) is 29.8 Å². The van der Waals surface area contributed by atoms with Gasteiger partial charge in [0.25, 0.3) is 0 Å². The van der Waals surface area contributed by atoms with Crippen LogP contribution in [0, 0.1) is 5.92 Å². The van der Waals surface area contributed by atoms with Crippen LogP contribution in [-0.4, -0.2) is 32.4 Å². The Morgan fingerprint density at radius 1 is 1.35 bits per heavy atom. The fourth-order valence-corrected chi connectivity index (χ4v) is 2.80. The summed E-state index contributed by atoms with van der Waals surface area (Å²) in [5.74, 6) is 1.59. The zero-order valence-electron chi connectivity index (χ0n) is 12.9. The standard InChI is InChI=1S/C17H27NO2/c1-13(2)17-12-15(9-11-20-17)18-10-8-14-6-4-5-7-16(14)19-3/h4-7,13,15,17-18H,8-12H2,1-3H3. The number of nitrogens with one attached hydrogen (secondary N) is 1. The van der Waals surface area contributed by atoms with Gasteiger partial charge in [-0.2, -0.15) is 0 Å². The van der Waals surface area contributed by atoms with E-state index in [0.29, 0.717) is 18.1 Å². The van der Waals surface area contributed by atoms with E-state index in [1.165, 1.54) is 5.56 Å². The van der Waals surface area contributed by atoms with Crippen LogP contribution in [0.15, 0.2) is 24.3 Å². The van der Waals surface area contributed by atoms with E-state index in [1.807, 2.05) is 12.1 Å². The van der Waals surface area contributed by atoms with Crippen molar-refractivity contribution in [3.8, 4) is 5.75 Å². The molecule has 1 aliphatic rings. The van der Waals surface area contributed by atoms with Crippen molar-refractivity contribution in [3.63, 3.8) is 0 Å². The summed E-state index contributed by atoms with van der Waals surface area (Å²) in [6, 6.07) is 8.84. The molecule has 1 saturated heterocycles. The van der Waals surface area contributed by atoms with Crippen LogP contribution in [0.5, 0.6) is 5.75 Å². The molecule has 0 aromatic heterocycles. The van der Waals surface area contributed by atoms with Gasteiger partial charge in [-0.25, -0.2) is 0 Å². The molecule has 0 saturated carbocycles. The maximum Gasteiger partial charge on any atom is 0.122 e. The predicted octanol–water partition coefficient (Wildman–Crippen LogP) is 3.03. The van der Waals surface area contributed by atoms with Crippen molar-refractivity contribution in [1.29, 1.82) is 0 Å². The Labute approximate surface area is 122 Å². The van der Waals surface area contributed by atoms with Gasteiger partial charge in [0.1, 0.15) is 5.75 Å². The molecule has 3 nitrogen and oxygen atoms in total. The minimum Gasteiger partial charge on any atom is -0.496 e. The first-order valence-electron chi connectivity index (χ1n) is 7.67. The van der Waals surface area contributed by atoms with Gasteiger partial charge in [-0.05, 0) is 43.4 Å². The summed E-state index contributed by atoms with van der Waals surface area (Å²) in [5.41, 5.74) is 1.27. The lowest BCUT2D eigenvalue weighted by Crippen LogP contribution is -2.41. The summed E-state index contributed by atoms with van der Waals surface area (Å²) in [6.45, 7) is 6.36. The Hall–Kier alpha value is -1.06. The Balaban J connectivity index is 1.78. The molecule has 1 aromatic carbocycles. The number of hydrogen-bond donors (Lipinski definition) is 1. The lowest BCUT2D eigenvalue weighted by atomic mass is 9.95. The molecule has 2 atom stereocenters. The zero-order valence-corrected chi connectivity index (χ0v) is 12.9. The van der Waals surface area contributed by atoms with Gasteiger partial charge in [0.05, 0.1) is 13.2 Å². The van der Waals surface area contributed by atoms with E-state index in [2.05, 4.69) is 31.3 Å². The summed E-state index contributed by atoms with van der Waals surface area (Å²) in [7, 11) is 1.73. The van der Waals surface area contributed by atoms with Gasteiger partial charge in [0, 0.05) is 12.6 Å². The van der Waals surface area contributed by atoms with Gasteiger partial charge in [-0.1, -0.05) is 32.0 Å². The largest absolute Gasteiger partial charge is 0.496 e. The molecule has 0 amide bonds. The average Bonchev–Trinajstić information content (AvgIpc) is 2.48. The summed E-state index contributed by atoms with van der Waals surface area (Å²) < 4.78 is 11.2. The first-order valence-corrected chi connectivity index (χ1v) is 7.67. The molecule has 1 heterocycles. The van der Waals surface area contributed by atoms with Gasteiger partial charge in [0.15, 0.2) is 0 Å². The van der Waals surface area contributed by atoms with E-state index >= 15 is 0 Å². The molecule has 0 bridgehead atoms. The summed E-state index contributed by atoms with van der Waals surface area (Å²) in [4.78, 5) is 0. The lowest BCUT2D eigenvalue weighted by molar-refractivity contribution is -0.0242. The zero-order chi connectivity index (χ0) is 14.4. The Morgan fingerprint density at radius 2 is 2.15 bits per heavy atom. The first-order chi connectivity index (χ1) is 9.70. The number of benzene rings is 1. The van der Waals surface area contributed by atoms with Crippen LogP contribution in [0.2, 0.25) is 0 Å². The van der Waals surface area contributed by atoms with Crippen molar-refractivity contribution in [2.75, 3.05) is 20.3 Å². The van der Waals surface area contributed by atoms with Gasteiger partial charge >= 0.3 is 0 Å².